The zero-order chi connectivity index (χ0) is 22.6. The van der Waals surface area contributed by atoms with Gasteiger partial charge >= 0.3 is 12.2 Å². The summed E-state index contributed by atoms with van der Waals surface area (Å²) in [5.41, 5.74) is 0.471. The van der Waals surface area contributed by atoms with Crippen molar-refractivity contribution >= 4 is 0 Å². The summed E-state index contributed by atoms with van der Waals surface area (Å²) in [6, 6.07) is 15.6. The van der Waals surface area contributed by atoms with Crippen LogP contribution in [0.3, 0.4) is 0 Å². The highest BCUT2D eigenvalue weighted by Gasteiger charge is 2.31. The highest BCUT2D eigenvalue weighted by molar-refractivity contribution is 5.76. The standard InChI is InChI=1S/C22H18F3N5O2/c1-2-31-14-30-20(18-11-12-26-21(27-18)32-17-9-4-3-5-10-17)19(28-29-30)15-7-6-8-16(13-15)22(23,24)25/h3-13H,2,14H2,1H3. The average Bonchev–Trinajstić information content (AvgIpc) is 3.22. The van der Waals surface area contributed by atoms with Crippen molar-refractivity contribution in [3.05, 3.63) is 72.4 Å². The number of benzene rings is 2. The van der Waals surface area contributed by atoms with Crippen molar-refractivity contribution < 1.29 is 22.6 Å². The molecule has 32 heavy (non-hydrogen) atoms. The van der Waals surface area contributed by atoms with Crippen molar-refractivity contribution in [2.75, 3.05) is 6.61 Å². The van der Waals surface area contributed by atoms with E-state index in [-0.39, 0.29) is 24.0 Å². The van der Waals surface area contributed by atoms with Gasteiger partial charge in [0.05, 0.1) is 11.3 Å². The monoisotopic (exact) mass is 441 g/mol. The number of halogens is 3. The molecule has 0 spiro atoms. The second-order valence-corrected chi connectivity index (χ2v) is 6.63. The van der Waals surface area contributed by atoms with Gasteiger partial charge in [0.2, 0.25) is 0 Å². The number of rotatable bonds is 7. The van der Waals surface area contributed by atoms with Crippen molar-refractivity contribution in [2.45, 2.75) is 19.8 Å². The van der Waals surface area contributed by atoms with Gasteiger partial charge in [-0.3, -0.25) is 0 Å². The molecule has 4 aromatic rings. The molecule has 164 valence electrons. The van der Waals surface area contributed by atoms with Crippen LogP contribution in [0, 0.1) is 0 Å². The molecule has 10 heteroatoms. The van der Waals surface area contributed by atoms with Crippen molar-refractivity contribution in [3.63, 3.8) is 0 Å². The highest BCUT2D eigenvalue weighted by Crippen LogP contribution is 2.35. The van der Waals surface area contributed by atoms with E-state index >= 15 is 0 Å². The molecule has 0 saturated carbocycles. The van der Waals surface area contributed by atoms with Crippen LogP contribution in [0.4, 0.5) is 13.2 Å². The lowest BCUT2D eigenvalue weighted by atomic mass is 10.0. The van der Waals surface area contributed by atoms with Gasteiger partial charge in [-0.05, 0) is 37.3 Å². The molecule has 2 aromatic heterocycles. The number of ether oxygens (including phenoxy) is 2. The summed E-state index contributed by atoms with van der Waals surface area (Å²) in [5.74, 6) is 0.545. The lowest BCUT2D eigenvalue weighted by Crippen LogP contribution is -2.07. The van der Waals surface area contributed by atoms with Crippen LogP contribution in [0.5, 0.6) is 11.8 Å². The van der Waals surface area contributed by atoms with Crippen molar-refractivity contribution in [1.82, 2.24) is 25.0 Å². The maximum atomic E-state index is 13.2. The SMILES string of the molecule is CCOCn1nnc(-c2cccc(C(F)(F)F)c2)c1-c1ccnc(Oc2ccccc2)n1. The normalized spacial score (nSPS) is 11.5. The second-order valence-electron chi connectivity index (χ2n) is 6.63. The molecule has 0 N–H and O–H groups in total. The first-order valence-corrected chi connectivity index (χ1v) is 9.71. The summed E-state index contributed by atoms with van der Waals surface area (Å²) >= 11 is 0. The van der Waals surface area contributed by atoms with Gasteiger partial charge in [0, 0.05) is 18.4 Å². The van der Waals surface area contributed by atoms with Crippen LogP contribution in [0.15, 0.2) is 66.9 Å². The van der Waals surface area contributed by atoms with Gasteiger partial charge in [0.15, 0.2) is 0 Å². The van der Waals surface area contributed by atoms with Gasteiger partial charge in [-0.2, -0.15) is 18.2 Å². The molecule has 7 nitrogen and oxygen atoms in total. The quantitative estimate of drug-likeness (QED) is 0.392. The van der Waals surface area contributed by atoms with E-state index in [9.17, 15) is 13.2 Å². The summed E-state index contributed by atoms with van der Waals surface area (Å²) in [7, 11) is 0. The minimum Gasteiger partial charge on any atom is -0.424 e. The van der Waals surface area contributed by atoms with Crippen LogP contribution in [0.25, 0.3) is 22.6 Å². The van der Waals surface area contributed by atoms with Crippen LogP contribution >= 0.6 is 0 Å². The van der Waals surface area contributed by atoms with Crippen LogP contribution < -0.4 is 4.74 Å². The van der Waals surface area contributed by atoms with E-state index < -0.39 is 11.7 Å². The molecular weight excluding hydrogens is 423 g/mol. The molecule has 0 amide bonds. The molecule has 0 unspecified atom stereocenters. The van der Waals surface area contributed by atoms with Crippen molar-refractivity contribution in [3.8, 4) is 34.4 Å². The molecule has 0 aliphatic carbocycles. The number of aromatic nitrogens is 5. The van der Waals surface area contributed by atoms with Gasteiger partial charge < -0.3 is 9.47 Å². The Balaban J connectivity index is 1.78. The third-order valence-corrected chi connectivity index (χ3v) is 4.44. The lowest BCUT2D eigenvalue weighted by molar-refractivity contribution is -0.137. The summed E-state index contributed by atoms with van der Waals surface area (Å²) in [6.07, 6.45) is -2.99. The molecule has 0 radical (unpaired) electrons. The van der Waals surface area contributed by atoms with Crippen LogP contribution in [0.2, 0.25) is 0 Å². The molecule has 0 saturated heterocycles. The molecular formula is C22H18F3N5O2. The van der Waals surface area contributed by atoms with E-state index in [1.807, 2.05) is 25.1 Å². The Morgan fingerprint density at radius 2 is 1.81 bits per heavy atom. The fraction of sp³-hybridized carbons (Fsp3) is 0.182. The zero-order valence-corrected chi connectivity index (χ0v) is 17.0. The Morgan fingerprint density at radius 3 is 2.56 bits per heavy atom. The van der Waals surface area contributed by atoms with Crippen LogP contribution in [-0.4, -0.2) is 31.6 Å². The lowest BCUT2D eigenvalue weighted by Gasteiger charge is -2.11. The van der Waals surface area contributed by atoms with Crippen molar-refractivity contribution in [1.29, 1.82) is 0 Å². The van der Waals surface area contributed by atoms with Gasteiger partial charge in [0.1, 0.15) is 23.9 Å². The number of hydrogen-bond acceptors (Lipinski definition) is 6. The van der Waals surface area contributed by atoms with E-state index in [4.69, 9.17) is 9.47 Å². The number of nitrogens with zero attached hydrogens (tertiary/aromatic N) is 5. The van der Waals surface area contributed by atoms with Crippen molar-refractivity contribution in [2.24, 2.45) is 0 Å². The smallest absolute Gasteiger partial charge is 0.416 e. The van der Waals surface area contributed by atoms with Crippen LogP contribution in [0.1, 0.15) is 12.5 Å². The third-order valence-electron chi connectivity index (χ3n) is 4.44. The fourth-order valence-electron chi connectivity index (χ4n) is 2.99. The molecule has 0 atom stereocenters. The minimum absolute atomic E-state index is 0.0523. The molecule has 4 rings (SSSR count). The minimum atomic E-state index is -4.48. The maximum Gasteiger partial charge on any atom is 0.416 e. The fourth-order valence-corrected chi connectivity index (χ4v) is 2.99. The first-order chi connectivity index (χ1) is 15.5. The van der Waals surface area contributed by atoms with E-state index in [1.165, 1.54) is 23.0 Å². The van der Waals surface area contributed by atoms with Gasteiger partial charge in [-0.25, -0.2) is 9.67 Å². The van der Waals surface area contributed by atoms with E-state index in [0.717, 1.165) is 12.1 Å². The second kappa shape index (κ2) is 9.15. The van der Waals surface area contributed by atoms with Crippen LogP contribution in [-0.2, 0) is 17.6 Å². The summed E-state index contributed by atoms with van der Waals surface area (Å²) in [6.45, 7) is 2.29. The molecule has 2 aromatic carbocycles. The average molecular weight is 441 g/mol. The predicted octanol–water partition coefficient (Wildman–Crippen LogP) is 5.21. The topological polar surface area (TPSA) is 75.0 Å². The zero-order valence-electron chi connectivity index (χ0n) is 17.0. The maximum absolute atomic E-state index is 13.2. The molecule has 0 aliphatic rings. The highest BCUT2D eigenvalue weighted by atomic mass is 19.4. The number of hydrogen-bond donors (Lipinski definition) is 0. The molecule has 0 aliphatic heterocycles. The number of para-hydroxylation sites is 1. The summed E-state index contributed by atoms with van der Waals surface area (Å²) < 4.78 is 52.3. The Labute approximate surface area is 181 Å². The summed E-state index contributed by atoms with van der Waals surface area (Å²) in [5, 5.41) is 8.19. The third kappa shape index (κ3) is 4.75. The number of alkyl halides is 3. The van der Waals surface area contributed by atoms with E-state index in [1.54, 1.807) is 18.2 Å². The molecule has 0 bridgehead atoms. The Morgan fingerprint density at radius 1 is 1.00 bits per heavy atom. The Bertz CT molecular complexity index is 1200. The first kappa shape index (κ1) is 21.4. The van der Waals surface area contributed by atoms with Gasteiger partial charge in [-0.15, -0.1) is 5.10 Å². The summed E-state index contributed by atoms with van der Waals surface area (Å²) in [4.78, 5) is 8.55. The Kier molecular flexibility index (Phi) is 6.13. The van der Waals surface area contributed by atoms with E-state index in [0.29, 0.717) is 23.7 Å². The Hall–Kier alpha value is -3.79. The van der Waals surface area contributed by atoms with E-state index in [2.05, 4.69) is 20.3 Å². The van der Waals surface area contributed by atoms with Gasteiger partial charge in [0.25, 0.3) is 0 Å². The van der Waals surface area contributed by atoms with Gasteiger partial charge in [-0.1, -0.05) is 35.5 Å². The molecule has 0 fully saturated rings. The first-order valence-electron chi connectivity index (χ1n) is 9.71. The molecule has 2 heterocycles. The largest absolute Gasteiger partial charge is 0.424 e. The predicted molar refractivity (Wildman–Crippen MR) is 110 cm³/mol.